The number of carbonyl (C=O) groups excluding carboxylic acids is 1. The van der Waals surface area contributed by atoms with Crippen molar-refractivity contribution in [1.29, 1.82) is 5.26 Å². The lowest BCUT2D eigenvalue weighted by atomic mass is 10.1. The van der Waals surface area contributed by atoms with E-state index in [1.54, 1.807) is 37.3 Å². The average Bonchev–Trinajstić information content (AvgIpc) is 2.73. The zero-order chi connectivity index (χ0) is 21.4. The number of ether oxygens (including phenoxy) is 2. The number of carboxylic acid groups (broad SMARTS) is 1. The summed E-state index contributed by atoms with van der Waals surface area (Å²) in [5, 5.41) is 23.8. The third kappa shape index (κ3) is 5.49. The first kappa shape index (κ1) is 21.3. The van der Waals surface area contributed by atoms with Crippen molar-refractivity contribution in [2.75, 3.05) is 19.5 Å². The quantitative estimate of drug-likeness (QED) is 0.464. The number of nitrogens with one attached hydrogen (secondary N) is 2. The highest BCUT2D eigenvalue weighted by atomic mass is 16.5. The highest BCUT2D eigenvalue weighted by Crippen LogP contribution is 2.29. The number of amides is 1. The lowest BCUT2D eigenvalue weighted by Gasteiger charge is -2.16. The van der Waals surface area contributed by atoms with Gasteiger partial charge < -0.3 is 25.2 Å². The summed E-state index contributed by atoms with van der Waals surface area (Å²) < 4.78 is 10.5. The number of nitrogens with zero attached hydrogens (tertiary/aromatic N) is 1. The highest BCUT2D eigenvalue weighted by Gasteiger charge is 2.15. The smallest absolute Gasteiger partial charge is 0.335 e. The fourth-order valence-electron chi connectivity index (χ4n) is 2.49. The van der Waals surface area contributed by atoms with Gasteiger partial charge in [0.1, 0.15) is 11.6 Å². The monoisotopic (exact) mass is 395 g/mol. The van der Waals surface area contributed by atoms with Crippen molar-refractivity contribution < 1.29 is 24.2 Å². The number of benzene rings is 2. The molecule has 0 bridgehead atoms. The van der Waals surface area contributed by atoms with Gasteiger partial charge in [0.15, 0.2) is 11.5 Å². The predicted molar refractivity (Wildman–Crippen MR) is 107 cm³/mol. The van der Waals surface area contributed by atoms with Crippen molar-refractivity contribution in [3.05, 3.63) is 65.4 Å². The molecule has 8 heteroatoms. The molecule has 0 aliphatic rings. The molecule has 29 heavy (non-hydrogen) atoms. The highest BCUT2D eigenvalue weighted by molar-refractivity contribution is 5.97. The van der Waals surface area contributed by atoms with E-state index in [4.69, 9.17) is 14.6 Å². The van der Waals surface area contributed by atoms with Gasteiger partial charge in [0.2, 0.25) is 0 Å². The lowest BCUT2D eigenvalue weighted by molar-refractivity contribution is -0.117. The average molecular weight is 395 g/mol. The van der Waals surface area contributed by atoms with Gasteiger partial charge in [0.25, 0.3) is 5.91 Å². The van der Waals surface area contributed by atoms with Gasteiger partial charge >= 0.3 is 5.97 Å². The number of carboxylic acids is 1. The summed E-state index contributed by atoms with van der Waals surface area (Å²) in [5.41, 5.74) is 1.34. The van der Waals surface area contributed by atoms with Crippen LogP contribution in [0.4, 0.5) is 5.69 Å². The summed E-state index contributed by atoms with van der Waals surface area (Å²) in [6.07, 6.45) is 1.27. The van der Waals surface area contributed by atoms with Gasteiger partial charge in [0.05, 0.1) is 25.8 Å². The summed E-state index contributed by atoms with van der Waals surface area (Å²) in [6, 6.07) is 12.7. The summed E-state index contributed by atoms with van der Waals surface area (Å²) in [5.74, 6) is -0.475. The number of anilines is 1. The number of rotatable bonds is 8. The maximum Gasteiger partial charge on any atom is 0.335 e. The minimum atomic E-state index is -1.03. The fourth-order valence-corrected chi connectivity index (χ4v) is 2.49. The van der Waals surface area contributed by atoms with E-state index in [1.807, 2.05) is 6.07 Å². The van der Waals surface area contributed by atoms with Gasteiger partial charge in [-0.15, -0.1) is 0 Å². The third-order valence-electron chi connectivity index (χ3n) is 4.14. The Morgan fingerprint density at radius 3 is 2.31 bits per heavy atom. The lowest BCUT2D eigenvalue weighted by Crippen LogP contribution is -2.28. The molecule has 0 spiro atoms. The number of aromatic carboxylic acids is 1. The van der Waals surface area contributed by atoms with Crippen LogP contribution in [0.5, 0.6) is 11.5 Å². The summed E-state index contributed by atoms with van der Waals surface area (Å²) in [7, 11) is 3.06. The van der Waals surface area contributed by atoms with Gasteiger partial charge in [-0.2, -0.15) is 5.26 Å². The predicted octanol–water partition coefficient (Wildman–Crippen LogP) is 3.10. The SMILES string of the molecule is COc1ccc(C(C)NC(=O)/C(C#N)=C\Nc2ccc(C(=O)O)cc2)cc1OC. The standard InChI is InChI=1S/C21H21N3O5/c1-13(15-6-9-18(28-2)19(10-15)29-3)24-20(25)16(11-22)12-23-17-7-4-14(5-8-17)21(26)27/h4-10,12-13,23H,1-3H3,(H,24,25)(H,26,27)/b16-12-. The molecular formula is C21H21N3O5. The molecule has 8 nitrogen and oxygen atoms in total. The topological polar surface area (TPSA) is 121 Å². The van der Waals surface area contributed by atoms with E-state index >= 15 is 0 Å². The molecule has 150 valence electrons. The molecular weight excluding hydrogens is 374 g/mol. The second-order valence-electron chi connectivity index (χ2n) is 6.01. The van der Waals surface area contributed by atoms with Crippen LogP contribution in [0, 0.1) is 11.3 Å². The Morgan fingerprint density at radius 1 is 1.10 bits per heavy atom. The summed E-state index contributed by atoms with van der Waals surface area (Å²) in [6.45, 7) is 1.78. The van der Waals surface area contributed by atoms with Crippen molar-refractivity contribution in [2.24, 2.45) is 0 Å². The Hall–Kier alpha value is -3.99. The van der Waals surface area contributed by atoms with E-state index in [1.165, 1.54) is 32.6 Å². The molecule has 0 heterocycles. The van der Waals surface area contributed by atoms with E-state index in [2.05, 4.69) is 10.6 Å². The second kappa shape index (κ2) is 9.80. The van der Waals surface area contributed by atoms with Crippen molar-refractivity contribution in [1.82, 2.24) is 5.32 Å². The zero-order valence-corrected chi connectivity index (χ0v) is 16.2. The molecule has 2 rings (SSSR count). The number of carbonyl (C=O) groups is 2. The van der Waals surface area contributed by atoms with Crippen molar-refractivity contribution in [2.45, 2.75) is 13.0 Å². The Bertz CT molecular complexity index is 961. The Morgan fingerprint density at radius 2 is 1.76 bits per heavy atom. The molecule has 0 saturated heterocycles. The van der Waals surface area contributed by atoms with E-state index in [0.29, 0.717) is 17.2 Å². The van der Waals surface area contributed by atoms with E-state index in [0.717, 1.165) is 5.56 Å². The van der Waals surface area contributed by atoms with Gasteiger partial charge in [0, 0.05) is 11.9 Å². The molecule has 2 aromatic rings. The fraction of sp³-hybridized carbons (Fsp3) is 0.190. The van der Waals surface area contributed by atoms with Crippen LogP contribution in [0.3, 0.4) is 0 Å². The van der Waals surface area contributed by atoms with Crippen LogP contribution < -0.4 is 20.1 Å². The Kier molecular flexibility index (Phi) is 7.20. The van der Waals surface area contributed by atoms with Crippen LogP contribution in [-0.4, -0.2) is 31.2 Å². The van der Waals surface area contributed by atoms with Crippen LogP contribution in [-0.2, 0) is 4.79 Å². The molecule has 1 atom stereocenters. The van der Waals surface area contributed by atoms with Gasteiger partial charge in [-0.05, 0) is 48.9 Å². The number of hydrogen-bond donors (Lipinski definition) is 3. The second-order valence-corrected chi connectivity index (χ2v) is 6.01. The molecule has 3 N–H and O–H groups in total. The molecule has 0 saturated carbocycles. The number of nitriles is 1. The first-order valence-electron chi connectivity index (χ1n) is 8.62. The first-order valence-corrected chi connectivity index (χ1v) is 8.62. The Balaban J connectivity index is 2.08. The van der Waals surface area contributed by atoms with E-state index in [-0.39, 0.29) is 17.2 Å². The minimum Gasteiger partial charge on any atom is -0.493 e. The molecule has 1 unspecified atom stereocenters. The molecule has 1 amide bonds. The van der Waals surface area contributed by atoms with Gasteiger partial charge in [-0.3, -0.25) is 4.79 Å². The molecule has 0 radical (unpaired) electrons. The van der Waals surface area contributed by atoms with Crippen molar-refractivity contribution in [3.63, 3.8) is 0 Å². The zero-order valence-electron chi connectivity index (χ0n) is 16.2. The molecule has 0 aliphatic heterocycles. The molecule has 0 aromatic heterocycles. The van der Waals surface area contributed by atoms with Gasteiger partial charge in [-0.1, -0.05) is 6.07 Å². The van der Waals surface area contributed by atoms with E-state index in [9.17, 15) is 14.9 Å². The maximum absolute atomic E-state index is 12.4. The number of hydrogen-bond acceptors (Lipinski definition) is 6. The molecule has 0 fully saturated rings. The maximum atomic E-state index is 12.4. The largest absolute Gasteiger partial charge is 0.493 e. The van der Waals surface area contributed by atoms with Crippen LogP contribution in [0.25, 0.3) is 0 Å². The Labute approximate surface area is 168 Å². The summed E-state index contributed by atoms with van der Waals surface area (Å²) >= 11 is 0. The molecule has 2 aromatic carbocycles. The van der Waals surface area contributed by atoms with Crippen molar-refractivity contribution in [3.8, 4) is 17.6 Å². The van der Waals surface area contributed by atoms with Gasteiger partial charge in [-0.25, -0.2) is 4.79 Å². The van der Waals surface area contributed by atoms with Crippen LogP contribution in [0.15, 0.2) is 54.2 Å². The minimum absolute atomic E-state index is 0.125. The van der Waals surface area contributed by atoms with E-state index < -0.39 is 11.9 Å². The third-order valence-corrected chi connectivity index (χ3v) is 4.14. The van der Waals surface area contributed by atoms with Crippen LogP contribution in [0.1, 0.15) is 28.9 Å². The first-order chi connectivity index (χ1) is 13.9. The normalized spacial score (nSPS) is 11.7. The van der Waals surface area contributed by atoms with Crippen LogP contribution in [0.2, 0.25) is 0 Å². The van der Waals surface area contributed by atoms with Crippen molar-refractivity contribution >= 4 is 17.6 Å². The number of methoxy groups -OCH3 is 2. The summed E-state index contributed by atoms with van der Waals surface area (Å²) in [4.78, 5) is 23.3. The molecule has 0 aliphatic carbocycles. The van der Waals surface area contributed by atoms with Crippen LogP contribution >= 0.6 is 0 Å².